The van der Waals surface area contributed by atoms with Crippen molar-refractivity contribution in [2.75, 3.05) is 38.1 Å². The Bertz CT molecular complexity index is 530. The topological polar surface area (TPSA) is 60.1 Å². The summed E-state index contributed by atoms with van der Waals surface area (Å²) in [6.07, 6.45) is 1.55. The van der Waals surface area contributed by atoms with E-state index >= 15 is 0 Å². The maximum absolute atomic E-state index is 4.15. The summed E-state index contributed by atoms with van der Waals surface area (Å²) in [5.74, 6) is 0.898. The Kier molecular flexibility index (Phi) is 4.47. The van der Waals surface area contributed by atoms with Gasteiger partial charge in [0, 0.05) is 38.4 Å². The van der Waals surface area contributed by atoms with Crippen molar-refractivity contribution in [1.82, 2.24) is 25.4 Å². The minimum absolute atomic E-state index is 0.777. The molecule has 1 aromatic carbocycles. The molecule has 6 nitrogen and oxygen atoms in total. The van der Waals surface area contributed by atoms with Crippen LogP contribution in [-0.4, -0.2) is 53.3 Å². The first-order valence-electron chi connectivity index (χ1n) is 7.38. The first-order valence-corrected chi connectivity index (χ1v) is 7.38. The fourth-order valence-corrected chi connectivity index (χ4v) is 2.67. The van der Waals surface area contributed by atoms with Gasteiger partial charge in [0.15, 0.2) is 0 Å². The van der Waals surface area contributed by atoms with E-state index in [0.29, 0.717) is 0 Å². The maximum atomic E-state index is 4.15. The van der Waals surface area contributed by atoms with E-state index in [2.05, 4.69) is 61.6 Å². The lowest BCUT2D eigenvalue weighted by Crippen LogP contribution is -2.43. The van der Waals surface area contributed by atoms with Crippen LogP contribution in [0, 0.1) is 0 Å². The molecule has 0 atom stereocenters. The second kappa shape index (κ2) is 6.69. The van der Waals surface area contributed by atoms with Crippen LogP contribution in [0.2, 0.25) is 0 Å². The number of nitrogens with one attached hydrogen (secondary N) is 2. The lowest BCUT2D eigenvalue weighted by atomic mass is 10.1. The first kappa shape index (κ1) is 14.0. The van der Waals surface area contributed by atoms with Gasteiger partial charge >= 0.3 is 0 Å². The van der Waals surface area contributed by atoms with Gasteiger partial charge < -0.3 is 10.2 Å². The number of rotatable bonds is 5. The molecule has 21 heavy (non-hydrogen) atoms. The predicted molar refractivity (Wildman–Crippen MR) is 83.1 cm³/mol. The molecule has 0 aliphatic carbocycles. The molecule has 0 spiro atoms. The number of anilines is 1. The van der Waals surface area contributed by atoms with Crippen molar-refractivity contribution < 1.29 is 0 Å². The van der Waals surface area contributed by atoms with Gasteiger partial charge in [-0.15, -0.1) is 0 Å². The van der Waals surface area contributed by atoms with Crippen LogP contribution in [0.4, 0.5) is 5.69 Å². The maximum Gasteiger partial charge on any atom is 0.138 e. The standard InChI is InChI=1S/C15H22N6/c1-20(11-15-17-12-18-19-15)10-13-2-4-14(5-3-13)21-8-6-16-7-9-21/h2-5,12,16H,6-11H2,1H3,(H,17,18,19). The fraction of sp³-hybridized carbons (Fsp3) is 0.467. The molecule has 112 valence electrons. The molecule has 6 heteroatoms. The van der Waals surface area contributed by atoms with Gasteiger partial charge in [0.1, 0.15) is 12.2 Å². The third-order valence-electron chi connectivity index (χ3n) is 3.76. The fourth-order valence-electron chi connectivity index (χ4n) is 2.67. The van der Waals surface area contributed by atoms with Crippen LogP contribution in [0.3, 0.4) is 0 Å². The second-order valence-corrected chi connectivity index (χ2v) is 5.51. The SMILES string of the molecule is CN(Cc1ccc(N2CCNCC2)cc1)Cc1ncn[nH]1. The van der Waals surface area contributed by atoms with Gasteiger partial charge in [0.2, 0.25) is 0 Å². The normalized spacial score (nSPS) is 15.6. The van der Waals surface area contributed by atoms with E-state index in [4.69, 9.17) is 0 Å². The smallest absolute Gasteiger partial charge is 0.138 e. The van der Waals surface area contributed by atoms with Gasteiger partial charge in [-0.1, -0.05) is 12.1 Å². The highest BCUT2D eigenvalue weighted by atomic mass is 15.2. The molecule has 0 amide bonds. The zero-order chi connectivity index (χ0) is 14.5. The van der Waals surface area contributed by atoms with E-state index in [9.17, 15) is 0 Å². The van der Waals surface area contributed by atoms with Crippen molar-refractivity contribution in [3.05, 3.63) is 42.0 Å². The van der Waals surface area contributed by atoms with Crippen molar-refractivity contribution in [1.29, 1.82) is 0 Å². The van der Waals surface area contributed by atoms with Crippen LogP contribution >= 0.6 is 0 Å². The van der Waals surface area contributed by atoms with Gasteiger partial charge in [-0.2, -0.15) is 5.10 Å². The molecule has 2 N–H and O–H groups in total. The van der Waals surface area contributed by atoms with E-state index in [1.165, 1.54) is 11.3 Å². The Hall–Kier alpha value is -1.92. The molecule has 2 aromatic rings. The van der Waals surface area contributed by atoms with Crippen molar-refractivity contribution in [3.63, 3.8) is 0 Å². The molecule has 0 radical (unpaired) electrons. The highest BCUT2D eigenvalue weighted by Gasteiger charge is 2.10. The van der Waals surface area contributed by atoms with Crippen molar-refractivity contribution >= 4 is 5.69 Å². The minimum Gasteiger partial charge on any atom is -0.369 e. The summed E-state index contributed by atoms with van der Waals surface area (Å²) in [5, 5.41) is 10.1. The first-order chi connectivity index (χ1) is 10.3. The highest BCUT2D eigenvalue weighted by molar-refractivity contribution is 5.48. The average Bonchev–Trinajstić information content (AvgIpc) is 3.02. The van der Waals surface area contributed by atoms with Crippen LogP contribution < -0.4 is 10.2 Å². The van der Waals surface area contributed by atoms with Crippen LogP contribution in [-0.2, 0) is 13.1 Å². The summed E-state index contributed by atoms with van der Waals surface area (Å²) in [7, 11) is 2.09. The summed E-state index contributed by atoms with van der Waals surface area (Å²) < 4.78 is 0. The van der Waals surface area contributed by atoms with Gasteiger partial charge in [-0.05, 0) is 24.7 Å². The molecule has 2 heterocycles. The Morgan fingerprint density at radius 2 is 1.90 bits per heavy atom. The summed E-state index contributed by atoms with van der Waals surface area (Å²) >= 11 is 0. The number of piperazine rings is 1. The van der Waals surface area contributed by atoms with Crippen molar-refractivity contribution in [2.45, 2.75) is 13.1 Å². The molecule has 1 aliphatic heterocycles. The Labute approximate surface area is 125 Å². The lowest BCUT2D eigenvalue weighted by molar-refractivity contribution is 0.311. The molecule has 3 rings (SSSR count). The number of benzene rings is 1. The van der Waals surface area contributed by atoms with Crippen LogP contribution in [0.5, 0.6) is 0 Å². The van der Waals surface area contributed by atoms with Crippen LogP contribution in [0.25, 0.3) is 0 Å². The van der Waals surface area contributed by atoms with Crippen molar-refractivity contribution in [3.8, 4) is 0 Å². The highest BCUT2D eigenvalue weighted by Crippen LogP contribution is 2.16. The molecular weight excluding hydrogens is 264 g/mol. The molecular formula is C15H22N6. The number of hydrogen-bond donors (Lipinski definition) is 2. The molecule has 0 bridgehead atoms. The largest absolute Gasteiger partial charge is 0.369 e. The summed E-state index contributed by atoms with van der Waals surface area (Å²) in [6.45, 7) is 6.00. The lowest BCUT2D eigenvalue weighted by Gasteiger charge is -2.29. The van der Waals surface area contributed by atoms with Crippen LogP contribution in [0.1, 0.15) is 11.4 Å². The van der Waals surface area contributed by atoms with E-state index in [0.717, 1.165) is 45.1 Å². The molecule has 1 fully saturated rings. The van der Waals surface area contributed by atoms with Crippen LogP contribution in [0.15, 0.2) is 30.6 Å². The third kappa shape index (κ3) is 3.80. The number of aromatic nitrogens is 3. The predicted octanol–water partition coefficient (Wildman–Crippen LogP) is 0.846. The zero-order valence-electron chi connectivity index (χ0n) is 12.4. The molecule has 0 unspecified atom stereocenters. The minimum atomic E-state index is 0.777. The zero-order valence-corrected chi connectivity index (χ0v) is 12.4. The number of aromatic amines is 1. The van der Waals surface area contributed by atoms with Gasteiger partial charge in [0.25, 0.3) is 0 Å². The number of hydrogen-bond acceptors (Lipinski definition) is 5. The second-order valence-electron chi connectivity index (χ2n) is 5.51. The Morgan fingerprint density at radius 3 is 2.57 bits per heavy atom. The molecule has 1 aliphatic rings. The summed E-state index contributed by atoms with van der Waals surface area (Å²) in [6, 6.07) is 8.88. The third-order valence-corrected chi connectivity index (χ3v) is 3.76. The average molecular weight is 286 g/mol. The summed E-state index contributed by atoms with van der Waals surface area (Å²) in [5.41, 5.74) is 2.63. The Balaban J connectivity index is 1.56. The number of nitrogens with zero attached hydrogens (tertiary/aromatic N) is 4. The van der Waals surface area contributed by atoms with Gasteiger partial charge in [-0.25, -0.2) is 4.98 Å². The van der Waals surface area contributed by atoms with E-state index in [1.807, 2.05) is 0 Å². The van der Waals surface area contributed by atoms with Crippen molar-refractivity contribution in [2.24, 2.45) is 0 Å². The molecule has 0 saturated carbocycles. The quantitative estimate of drug-likeness (QED) is 0.853. The van der Waals surface area contributed by atoms with E-state index in [-0.39, 0.29) is 0 Å². The number of H-pyrrole nitrogens is 1. The van der Waals surface area contributed by atoms with E-state index < -0.39 is 0 Å². The molecule has 1 aromatic heterocycles. The Morgan fingerprint density at radius 1 is 1.14 bits per heavy atom. The molecule has 1 saturated heterocycles. The van der Waals surface area contributed by atoms with Gasteiger partial charge in [-0.3, -0.25) is 10.00 Å². The summed E-state index contributed by atoms with van der Waals surface area (Å²) in [4.78, 5) is 8.80. The monoisotopic (exact) mass is 286 g/mol. The van der Waals surface area contributed by atoms with Gasteiger partial charge in [0.05, 0.1) is 6.54 Å². The van der Waals surface area contributed by atoms with E-state index in [1.54, 1.807) is 6.33 Å².